The van der Waals surface area contributed by atoms with E-state index in [1.807, 2.05) is 63.2 Å². The number of nitrogens with one attached hydrogen (secondary N) is 1. The maximum absolute atomic E-state index is 13.8. The van der Waals surface area contributed by atoms with Crippen LogP contribution in [0, 0.1) is 6.92 Å². The smallest absolute Gasteiger partial charge is 0.302 e. The van der Waals surface area contributed by atoms with Gasteiger partial charge in [-0.2, -0.15) is 0 Å². The third-order valence-electron chi connectivity index (χ3n) is 6.37. The minimum absolute atomic E-state index is 0.134. The minimum atomic E-state index is -0.391. The molecule has 0 spiro atoms. The predicted molar refractivity (Wildman–Crippen MR) is 132 cm³/mol. The molecule has 1 aromatic heterocycles. The second kappa shape index (κ2) is 9.71. The van der Waals surface area contributed by atoms with Gasteiger partial charge >= 0.3 is 5.97 Å². The van der Waals surface area contributed by atoms with Crippen LogP contribution in [-0.2, 0) is 28.9 Å². The van der Waals surface area contributed by atoms with Crippen LogP contribution in [0.4, 0.5) is 5.69 Å². The molecule has 1 aliphatic carbocycles. The number of carbonyl (C=O) groups is 1. The fraction of sp³-hybridized carbons (Fsp3) is 0.370. The van der Waals surface area contributed by atoms with Gasteiger partial charge in [-0.1, -0.05) is 31.2 Å². The van der Waals surface area contributed by atoms with Gasteiger partial charge in [0.15, 0.2) is 0 Å². The van der Waals surface area contributed by atoms with Crippen LogP contribution in [0.15, 0.2) is 47.3 Å². The van der Waals surface area contributed by atoms with E-state index in [1.54, 1.807) is 11.7 Å². The number of fused-ring (bicyclic) bond motifs is 1. The van der Waals surface area contributed by atoms with Crippen LogP contribution in [0.2, 0.25) is 0 Å². The van der Waals surface area contributed by atoms with E-state index in [2.05, 4.69) is 5.32 Å². The molecule has 1 aliphatic rings. The van der Waals surface area contributed by atoms with Crippen LogP contribution in [0.1, 0.15) is 49.2 Å². The van der Waals surface area contributed by atoms with Crippen molar-refractivity contribution in [2.45, 2.75) is 59.2 Å². The quantitative estimate of drug-likeness (QED) is 0.524. The van der Waals surface area contributed by atoms with Crippen molar-refractivity contribution in [1.82, 2.24) is 9.55 Å². The number of esters is 1. The summed E-state index contributed by atoms with van der Waals surface area (Å²) in [5.41, 5.74) is 5.03. The fourth-order valence-electron chi connectivity index (χ4n) is 4.72. The molecule has 4 rings (SSSR count). The van der Waals surface area contributed by atoms with E-state index >= 15 is 0 Å². The number of hydrogen-bond donors (Lipinski definition) is 1. The lowest BCUT2D eigenvalue weighted by Gasteiger charge is -2.25. The number of rotatable bonds is 7. The second-order valence-corrected chi connectivity index (χ2v) is 8.51. The first-order chi connectivity index (χ1) is 16.4. The van der Waals surface area contributed by atoms with E-state index in [4.69, 9.17) is 14.5 Å². The van der Waals surface area contributed by atoms with Gasteiger partial charge in [-0.05, 0) is 55.2 Å². The Hall–Kier alpha value is -3.61. The second-order valence-electron chi connectivity index (χ2n) is 8.51. The molecular formula is C27H31N3O4. The van der Waals surface area contributed by atoms with Crippen molar-refractivity contribution in [2.24, 2.45) is 0 Å². The molecular weight excluding hydrogens is 430 g/mol. The highest BCUT2D eigenvalue weighted by atomic mass is 16.5. The summed E-state index contributed by atoms with van der Waals surface area (Å²) in [5, 5.41) is 3.43. The first-order valence-electron chi connectivity index (χ1n) is 11.7. The van der Waals surface area contributed by atoms with Gasteiger partial charge in [-0.15, -0.1) is 0 Å². The molecule has 0 amide bonds. The maximum Gasteiger partial charge on any atom is 0.302 e. The van der Waals surface area contributed by atoms with Crippen LogP contribution < -0.4 is 15.6 Å². The third kappa shape index (κ3) is 4.30. The zero-order valence-electron chi connectivity index (χ0n) is 20.3. The molecule has 178 valence electrons. The summed E-state index contributed by atoms with van der Waals surface area (Å²) >= 11 is 0. The molecule has 1 heterocycles. The monoisotopic (exact) mass is 461 g/mol. The highest BCUT2D eigenvalue weighted by Gasteiger charge is 2.36. The Balaban J connectivity index is 1.81. The van der Waals surface area contributed by atoms with Crippen LogP contribution >= 0.6 is 0 Å². The van der Waals surface area contributed by atoms with E-state index in [0.717, 1.165) is 28.0 Å². The molecule has 7 nitrogen and oxygen atoms in total. The van der Waals surface area contributed by atoms with Crippen molar-refractivity contribution in [3.05, 3.63) is 75.2 Å². The molecule has 0 radical (unpaired) electrons. The van der Waals surface area contributed by atoms with Crippen molar-refractivity contribution < 1.29 is 14.3 Å². The Labute approximate surface area is 199 Å². The van der Waals surface area contributed by atoms with Crippen molar-refractivity contribution in [1.29, 1.82) is 0 Å². The molecule has 2 aromatic carbocycles. The van der Waals surface area contributed by atoms with Crippen LogP contribution in [-0.4, -0.2) is 28.7 Å². The number of aryl methyl sites for hydroxylation is 2. The fourth-order valence-corrected chi connectivity index (χ4v) is 4.72. The van der Waals surface area contributed by atoms with Gasteiger partial charge in [0.05, 0.1) is 18.8 Å². The Morgan fingerprint density at radius 3 is 2.62 bits per heavy atom. The lowest BCUT2D eigenvalue weighted by Crippen LogP contribution is -2.33. The molecule has 7 heteroatoms. The number of hydrogen-bond acceptors (Lipinski definition) is 6. The number of nitrogens with zero attached hydrogens (tertiary/aromatic N) is 2. The van der Waals surface area contributed by atoms with Crippen molar-refractivity contribution in [3.8, 4) is 17.1 Å². The Morgan fingerprint density at radius 2 is 1.97 bits per heavy atom. The zero-order chi connectivity index (χ0) is 24.4. The number of carbonyl (C=O) groups excluding carboxylic acids is 1. The summed E-state index contributed by atoms with van der Waals surface area (Å²) in [7, 11) is 1.63. The summed E-state index contributed by atoms with van der Waals surface area (Å²) in [6, 6.07) is 13.4. The molecule has 0 unspecified atom stereocenters. The standard InChI is InChI=1S/C27H31N3O4/c1-6-22-25(29-24-21-11-9-8-10-18(21)15-23(24)34-17(4)31)27(32)30(7-2)26(28-22)20-13-12-19(33-5)14-16(20)3/h8-14,23-24,29H,6-7,15H2,1-5H3/t23-,24+/m0/s1. The molecule has 0 saturated carbocycles. The van der Waals surface area contributed by atoms with Crippen LogP contribution in [0.25, 0.3) is 11.4 Å². The summed E-state index contributed by atoms with van der Waals surface area (Å²) in [5.74, 6) is 1.06. The average Bonchev–Trinajstić information content (AvgIpc) is 3.16. The van der Waals surface area contributed by atoms with E-state index < -0.39 is 6.10 Å². The summed E-state index contributed by atoms with van der Waals surface area (Å²) in [6.07, 6.45) is 0.794. The van der Waals surface area contributed by atoms with Crippen LogP contribution in [0.5, 0.6) is 5.75 Å². The SMILES string of the molecule is CCc1nc(-c2ccc(OC)cc2C)n(CC)c(=O)c1N[C@@H]1c2ccccc2C[C@@H]1OC(C)=O. The van der Waals surface area contributed by atoms with Gasteiger partial charge in [0.2, 0.25) is 0 Å². The van der Waals surface area contributed by atoms with Gasteiger partial charge < -0.3 is 14.8 Å². The Morgan fingerprint density at radius 1 is 1.21 bits per heavy atom. The largest absolute Gasteiger partial charge is 0.497 e. The summed E-state index contributed by atoms with van der Waals surface area (Å²) in [4.78, 5) is 30.5. The van der Waals surface area contributed by atoms with Crippen LogP contribution in [0.3, 0.4) is 0 Å². The molecule has 2 atom stereocenters. The molecule has 1 N–H and O–H groups in total. The highest BCUT2D eigenvalue weighted by Crippen LogP contribution is 2.36. The lowest BCUT2D eigenvalue weighted by atomic mass is 10.1. The topological polar surface area (TPSA) is 82.5 Å². The van der Waals surface area contributed by atoms with Gasteiger partial charge in [0.25, 0.3) is 5.56 Å². The highest BCUT2D eigenvalue weighted by molar-refractivity contribution is 5.67. The van der Waals surface area contributed by atoms with Gasteiger partial charge in [-0.3, -0.25) is 14.2 Å². The number of benzene rings is 2. The average molecular weight is 462 g/mol. The normalized spacial score (nSPS) is 16.7. The lowest BCUT2D eigenvalue weighted by molar-refractivity contribution is -0.146. The predicted octanol–water partition coefficient (Wildman–Crippen LogP) is 4.45. The Kier molecular flexibility index (Phi) is 6.72. The van der Waals surface area contributed by atoms with Crippen molar-refractivity contribution >= 4 is 11.7 Å². The van der Waals surface area contributed by atoms with Crippen molar-refractivity contribution in [2.75, 3.05) is 12.4 Å². The van der Waals surface area contributed by atoms with Gasteiger partial charge in [0, 0.05) is 25.5 Å². The molecule has 3 aromatic rings. The van der Waals surface area contributed by atoms with Gasteiger partial charge in [-0.25, -0.2) is 4.98 Å². The minimum Gasteiger partial charge on any atom is -0.497 e. The summed E-state index contributed by atoms with van der Waals surface area (Å²) < 4.78 is 12.7. The molecule has 0 bridgehead atoms. The molecule has 34 heavy (non-hydrogen) atoms. The van der Waals surface area contributed by atoms with Crippen molar-refractivity contribution in [3.63, 3.8) is 0 Å². The molecule has 0 saturated heterocycles. The van der Waals surface area contributed by atoms with Gasteiger partial charge in [0.1, 0.15) is 23.4 Å². The summed E-state index contributed by atoms with van der Waals surface area (Å²) in [6.45, 7) is 7.80. The molecule has 0 aliphatic heterocycles. The number of anilines is 1. The number of ether oxygens (including phenoxy) is 2. The third-order valence-corrected chi connectivity index (χ3v) is 6.37. The van der Waals surface area contributed by atoms with E-state index in [-0.39, 0.29) is 17.6 Å². The zero-order valence-corrected chi connectivity index (χ0v) is 20.3. The number of methoxy groups -OCH3 is 1. The maximum atomic E-state index is 13.8. The van der Waals surface area contributed by atoms with E-state index in [9.17, 15) is 9.59 Å². The first kappa shape index (κ1) is 23.5. The van der Waals surface area contributed by atoms with E-state index in [1.165, 1.54) is 6.92 Å². The number of aromatic nitrogens is 2. The molecule has 0 fully saturated rings. The van der Waals surface area contributed by atoms with E-state index in [0.29, 0.717) is 36.6 Å². The Bertz CT molecular complexity index is 1280. The first-order valence-corrected chi connectivity index (χ1v) is 11.7.